The zero-order chi connectivity index (χ0) is 6.97. The van der Waals surface area contributed by atoms with Gasteiger partial charge >= 0.3 is 0 Å². The van der Waals surface area contributed by atoms with Gasteiger partial charge in [0.05, 0.1) is 6.20 Å². The summed E-state index contributed by atoms with van der Waals surface area (Å²) in [5, 5.41) is 0. The van der Waals surface area contributed by atoms with Gasteiger partial charge in [-0.2, -0.15) is 0 Å². The zero-order valence-corrected chi connectivity index (χ0v) is 7.19. The SMILES string of the molecule is Ic1cn2ccnc2cn1. The summed E-state index contributed by atoms with van der Waals surface area (Å²) in [6.45, 7) is 0. The second-order valence-corrected chi connectivity index (χ2v) is 3.01. The van der Waals surface area contributed by atoms with Gasteiger partial charge in [-0.3, -0.25) is 0 Å². The lowest BCUT2D eigenvalue weighted by Gasteiger charge is -1.90. The Morgan fingerprint density at radius 3 is 3.20 bits per heavy atom. The Balaban J connectivity index is 2.86. The van der Waals surface area contributed by atoms with Gasteiger partial charge in [0.25, 0.3) is 0 Å². The number of rotatable bonds is 0. The smallest absolute Gasteiger partial charge is 0.155 e. The van der Waals surface area contributed by atoms with Gasteiger partial charge in [-0.1, -0.05) is 0 Å². The van der Waals surface area contributed by atoms with Crippen LogP contribution in [0.5, 0.6) is 0 Å². The van der Waals surface area contributed by atoms with Crippen molar-refractivity contribution in [2.45, 2.75) is 0 Å². The van der Waals surface area contributed by atoms with E-state index in [2.05, 4.69) is 32.6 Å². The highest BCUT2D eigenvalue weighted by molar-refractivity contribution is 14.1. The van der Waals surface area contributed by atoms with E-state index in [1.54, 1.807) is 12.4 Å². The minimum absolute atomic E-state index is 0.889. The molecule has 3 nitrogen and oxygen atoms in total. The van der Waals surface area contributed by atoms with Gasteiger partial charge in [0, 0.05) is 18.6 Å². The van der Waals surface area contributed by atoms with E-state index < -0.39 is 0 Å². The molecule has 50 valence electrons. The first-order valence-corrected chi connectivity index (χ1v) is 3.88. The molecular weight excluding hydrogens is 241 g/mol. The molecule has 0 aliphatic rings. The van der Waals surface area contributed by atoms with Gasteiger partial charge < -0.3 is 4.40 Å². The van der Waals surface area contributed by atoms with Crippen LogP contribution in [0.25, 0.3) is 5.65 Å². The molecule has 0 aliphatic carbocycles. The molecule has 0 fully saturated rings. The van der Waals surface area contributed by atoms with E-state index in [0.29, 0.717) is 0 Å². The van der Waals surface area contributed by atoms with Crippen molar-refractivity contribution in [3.8, 4) is 0 Å². The lowest BCUT2D eigenvalue weighted by molar-refractivity contribution is 1.10. The predicted molar refractivity (Wildman–Crippen MR) is 45.7 cm³/mol. The summed E-state index contributed by atoms with van der Waals surface area (Å²) in [6.07, 6.45) is 7.34. The van der Waals surface area contributed by atoms with Gasteiger partial charge in [0.15, 0.2) is 5.65 Å². The van der Waals surface area contributed by atoms with Crippen LogP contribution in [0.1, 0.15) is 0 Å². The van der Waals surface area contributed by atoms with Crippen LogP contribution in [0.2, 0.25) is 0 Å². The molecule has 0 saturated heterocycles. The highest BCUT2D eigenvalue weighted by Gasteiger charge is 1.92. The summed E-state index contributed by atoms with van der Waals surface area (Å²) >= 11 is 2.17. The first kappa shape index (κ1) is 6.09. The van der Waals surface area contributed by atoms with E-state index in [9.17, 15) is 0 Å². The largest absolute Gasteiger partial charge is 0.303 e. The molecule has 0 amide bonds. The number of imidazole rings is 1. The summed E-state index contributed by atoms with van der Waals surface area (Å²) in [7, 11) is 0. The molecular formula is C6H4IN3. The Hall–Kier alpha value is -0.650. The van der Waals surface area contributed by atoms with Crippen LogP contribution in [-0.2, 0) is 0 Å². The fraction of sp³-hybridized carbons (Fsp3) is 0. The molecule has 2 heterocycles. The third-order valence-corrected chi connectivity index (χ3v) is 1.80. The van der Waals surface area contributed by atoms with Crippen LogP contribution in [0.4, 0.5) is 0 Å². The van der Waals surface area contributed by atoms with Crippen molar-refractivity contribution in [1.29, 1.82) is 0 Å². The second kappa shape index (κ2) is 2.19. The van der Waals surface area contributed by atoms with Gasteiger partial charge in [-0.05, 0) is 22.6 Å². The summed E-state index contributed by atoms with van der Waals surface area (Å²) < 4.78 is 2.91. The first-order valence-electron chi connectivity index (χ1n) is 2.80. The van der Waals surface area contributed by atoms with Crippen LogP contribution in [0, 0.1) is 3.70 Å². The Morgan fingerprint density at radius 1 is 1.40 bits per heavy atom. The number of aromatic nitrogens is 3. The van der Waals surface area contributed by atoms with Gasteiger partial charge in [-0.25, -0.2) is 9.97 Å². The average Bonchev–Trinajstić information content (AvgIpc) is 2.33. The number of hydrogen-bond donors (Lipinski definition) is 0. The van der Waals surface area contributed by atoms with E-state index in [1.165, 1.54) is 0 Å². The van der Waals surface area contributed by atoms with E-state index in [0.717, 1.165) is 9.35 Å². The van der Waals surface area contributed by atoms with Gasteiger partial charge in [-0.15, -0.1) is 0 Å². The monoisotopic (exact) mass is 245 g/mol. The maximum atomic E-state index is 4.08. The summed E-state index contributed by atoms with van der Waals surface area (Å²) in [6, 6.07) is 0. The summed E-state index contributed by atoms with van der Waals surface area (Å²) in [4.78, 5) is 8.14. The van der Waals surface area contributed by atoms with E-state index in [4.69, 9.17) is 0 Å². The Labute approximate surface area is 71.3 Å². The fourth-order valence-corrected chi connectivity index (χ4v) is 1.24. The average molecular weight is 245 g/mol. The van der Waals surface area contributed by atoms with Crippen molar-refractivity contribution in [3.05, 3.63) is 28.5 Å². The predicted octanol–water partition coefficient (Wildman–Crippen LogP) is 1.33. The molecule has 10 heavy (non-hydrogen) atoms. The topological polar surface area (TPSA) is 30.2 Å². The molecule has 0 N–H and O–H groups in total. The van der Waals surface area contributed by atoms with Crippen LogP contribution in [-0.4, -0.2) is 14.4 Å². The highest BCUT2D eigenvalue weighted by Crippen LogP contribution is 2.02. The molecule has 0 radical (unpaired) electrons. The number of fused-ring (bicyclic) bond motifs is 1. The molecule has 0 unspecified atom stereocenters. The summed E-state index contributed by atoms with van der Waals surface area (Å²) in [5.41, 5.74) is 0.889. The van der Waals surface area contributed by atoms with Crippen molar-refractivity contribution in [2.24, 2.45) is 0 Å². The van der Waals surface area contributed by atoms with Gasteiger partial charge in [0.1, 0.15) is 3.70 Å². The Bertz CT molecular complexity index is 355. The lowest BCUT2D eigenvalue weighted by Crippen LogP contribution is -1.86. The van der Waals surface area contributed by atoms with E-state index in [-0.39, 0.29) is 0 Å². The number of nitrogens with zero attached hydrogens (tertiary/aromatic N) is 3. The molecule has 4 heteroatoms. The van der Waals surface area contributed by atoms with Crippen LogP contribution < -0.4 is 0 Å². The highest BCUT2D eigenvalue weighted by atomic mass is 127. The Kier molecular flexibility index (Phi) is 1.33. The van der Waals surface area contributed by atoms with Crippen LogP contribution in [0.3, 0.4) is 0 Å². The molecule has 0 saturated carbocycles. The van der Waals surface area contributed by atoms with Crippen molar-refractivity contribution in [2.75, 3.05) is 0 Å². The number of hydrogen-bond acceptors (Lipinski definition) is 2. The molecule has 0 aliphatic heterocycles. The third kappa shape index (κ3) is 0.880. The van der Waals surface area contributed by atoms with Crippen LogP contribution >= 0.6 is 22.6 Å². The summed E-state index contributed by atoms with van der Waals surface area (Å²) in [5.74, 6) is 0. The maximum absolute atomic E-state index is 4.08. The minimum atomic E-state index is 0.889. The van der Waals surface area contributed by atoms with E-state index >= 15 is 0 Å². The van der Waals surface area contributed by atoms with Crippen LogP contribution in [0.15, 0.2) is 24.8 Å². The molecule has 2 aromatic heterocycles. The van der Waals surface area contributed by atoms with Crippen molar-refractivity contribution in [1.82, 2.24) is 14.4 Å². The standard InChI is InChI=1S/C6H4IN3/c7-5-4-10-2-1-8-6(10)3-9-5/h1-4H. The maximum Gasteiger partial charge on any atom is 0.155 e. The molecule has 0 aromatic carbocycles. The molecule has 0 bridgehead atoms. The molecule has 2 aromatic rings. The fourth-order valence-electron chi connectivity index (χ4n) is 0.801. The normalized spacial score (nSPS) is 10.5. The molecule has 2 rings (SSSR count). The second-order valence-electron chi connectivity index (χ2n) is 1.90. The van der Waals surface area contributed by atoms with E-state index in [1.807, 2.05) is 16.8 Å². The first-order chi connectivity index (χ1) is 4.86. The minimum Gasteiger partial charge on any atom is -0.303 e. The zero-order valence-electron chi connectivity index (χ0n) is 5.03. The third-order valence-electron chi connectivity index (χ3n) is 1.25. The van der Waals surface area contributed by atoms with Crippen molar-refractivity contribution < 1.29 is 0 Å². The number of halogens is 1. The quantitative estimate of drug-likeness (QED) is 0.655. The molecule has 0 atom stereocenters. The van der Waals surface area contributed by atoms with Gasteiger partial charge in [0.2, 0.25) is 0 Å². The molecule has 0 spiro atoms. The lowest BCUT2D eigenvalue weighted by atomic mass is 10.7. The van der Waals surface area contributed by atoms with Crippen molar-refractivity contribution in [3.63, 3.8) is 0 Å². The van der Waals surface area contributed by atoms with Crippen molar-refractivity contribution >= 4 is 28.2 Å². The Morgan fingerprint density at radius 2 is 2.30 bits per heavy atom.